The highest BCUT2D eigenvalue weighted by Crippen LogP contribution is 2.44. The van der Waals surface area contributed by atoms with E-state index in [9.17, 15) is 4.79 Å². The van der Waals surface area contributed by atoms with Gasteiger partial charge < -0.3 is 29.2 Å². The summed E-state index contributed by atoms with van der Waals surface area (Å²) >= 11 is 0. The van der Waals surface area contributed by atoms with E-state index in [-0.39, 0.29) is 12.3 Å². The summed E-state index contributed by atoms with van der Waals surface area (Å²) in [5, 5.41) is 3.70. The summed E-state index contributed by atoms with van der Waals surface area (Å²) in [7, 11) is 6.33. The highest BCUT2D eigenvalue weighted by atomic mass is 16.5. The van der Waals surface area contributed by atoms with Gasteiger partial charge in [0.1, 0.15) is 0 Å². The number of benzene rings is 1. The van der Waals surface area contributed by atoms with Gasteiger partial charge in [-0.05, 0) is 12.0 Å². The van der Waals surface area contributed by atoms with Crippen LogP contribution in [0.25, 0.3) is 10.9 Å². The van der Waals surface area contributed by atoms with E-state index in [4.69, 9.17) is 18.9 Å². The van der Waals surface area contributed by atoms with Crippen molar-refractivity contribution < 1.29 is 23.7 Å². The van der Waals surface area contributed by atoms with Gasteiger partial charge in [0.15, 0.2) is 11.5 Å². The number of H-pyrrole nitrogens is 1. The Kier molecular flexibility index (Phi) is 6.31. The molecule has 7 heteroatoms. The highest BCUT2D eigenvalue weighted by Gasteiger charge is 2.20. The van der Waals surface area contributed by atoms with Crippen LogP contribution in [0, 0.1) is 0 Å². The highest BCUT2D eigenvalue weighted by molar-refractivity contribution is 5.96. The Hall–Kier alpha value is -2.41. The first kappa shape index (κ1) is 17.9. The molecular weight excluding hydrogens is 312 g/mol. The van der Waals surface area contributed by atoms with Crippen molar-refractivity contribution in [1.82, 2.24) is 10.3 Å². The normalized spacial score (nSPS) is 10.7. The molecule has 1 aromatic carbocycles. The summed E-state index contributed by atoms with van der Waals surface area (Å²) in [6, 6.07) is 1.83. The lowest BCUT2D eigenvalue weighted by atomic mass is 10.1. The van der Waals surface area contributed by atoms with E-state index in [1.54, 1.807) is 34.6 Å². The van der Waals surface area contributed by atoms with Crippen molar-refractivity contribution >= 4 is 16.8 Å². The molecule has 0 aliphatic carbocycles. The van der Waals surface area contributed by atoms with E-state index in [1.807, 2.05) is 6.07 Å². The topological polar surface area (TPSA) is 81.8 Å². The molecule has 0 spiro atoms. The molecule has 2 N–H and O–H groups in total. The fraction of sp³-hybridized carbons (Fsp3) is 0.471. The van der Waals surface area contributed by atoms with Crippen LogP contribution in [0.5, 0.6) is 17.2 Å². The lowest BCUT2D eigenvalue weighted by molar-refractivity contribution is -0.120. The van der Waals surface area contributed by atoms with Gasteiger partial charge in [0.05, 0.1) is 33.3 Å². The molecule has 2 rings (SSSR count). The second kappa shape index (κ2) is 8.44. The minimum absolute atomic E-state index is 0.0520. The lowest BCUT2D eigenvalue weighted by Gasteiger charge is -2.14. The monoisotopic (exact) mass is 336 g/mol. The van der Waals surface area contributed by atoms with Gasteiger partial charge in [0.25, 0.3) is 0 Å². The summed E-state index contributed by atoms with van der Waals surface area (Å²) in [5.74, 6) is 1.58. The molecule has 0 aliphatic heterocycles. The molecule has 0 fully saturated rings. The SMILES string of the molecule is COCCCNC(=O)Cc1c[nH]c2cc(OC)c(OC)c(OC)c12. The molecule has 2 aromatic rings. The van der Waals surface area contributed by atoms with Crippen molar-refractivity contribution in [3.63, 3.8) is 0 Å². The zero-order valence-corrected chi connectivity index (χ0v) is 14.5. The minimum Gasteiger partial charge on any atom is -0.493 e. The van der Waals surface area contributed by atoms with Gasteiger partial charge in [-0.15, -0.1) is 0 Å². The van der Waals surface area contributed by atoms with Crippen molar-refractivity contribution in [3.05, 3.63) is 17.8 Å². The number of ether oxygens (including phenoxy) is 4. The standard InChI is InChI=1S/C17H24N2O5/c1-21-7-5-6-18-14(20)8-11-10-19-12-9-13(22-2)16(23-3)17(24-4)15(11)12/h9-10,19H,5-8H2,1-4H3,(H,18,20). The Balaban J connectivity index is 2.27. The molecule has 0 bridgehead atoms. The molecule has 1 aromatic heterocycles. The predicted octanol–water partition coefficient (Wildman–Crippen LogP) is 1.89. The molecule has 0 saturated heterocycles. The van der Waals surface area contributed by atoms with Crippen LogP contribution in [-0.4, -0.2) is 52.5 Å². The first-order chi connectivity index (χ1) is 11.7. The van der Waals surface area contributed by atoms with Crippen LogP contribution < -0.4 is 19.5 Å². The second-order valence-electron chi connectivity index (χ2n) is 5.25. The van der Waals surface area contributed by atoms with E-state index in [0.717, 1.165) is 22.9 Å². The molecule has 0 saturated carbocycles. The van der Waals surface area contributed by atoms with Crippen molar-refractivity contribution in [3.8, 4) is 17.2 Å². The first-order valence-corrected chi connectivity index (χ1v) is 7.70. The average molecular weight is 336 g/mol. The molecule has 0 radical (unpaired) electrons. The van der Waals surface area contributed by atoms with Gasteiger partial charge in [0, 0.05) is 37.9 Å². The molecular formula is C17H24N2O5. The average Bonchev–Trinajstić information content (AvgIpc) is 2.99. The third kappa shape index (κ3) is 3.73. The Bertz CT molecular complexity index is 696. The van der Waals surface area contributed by atoms with E-state index in [1.165, 1.54) is 0 Å². The fourth-order valence-corrected chi connectivity index (χ4v) is 2.65. The maximum atomic E-state index is 12.1. The Morgan fingerprint density at radius 1 is 1.12 bits per heavy atom. The summed E-state index contributed by atoms with van der Waals surface area (Å²) in [6.45, 7) is 1.21. The van der Waals surface area contributed by atoms with E-state index >= 15 is 0 Å². The van der Waals surface area contributed by atoms with Crippen LogP contribution in [0.4, 0.5) is 0 Å². The molecule has 7 nitrogen and oxygen atoms in total. The Morgan fingerprint density at radius 3 is 2.50 bits per heavy atom. The molecule has 132 valence electrons. The number of fused-ring (bicyclic) bond motifs is 1. The fourth-order valence-electron chi connectivity index (χ4n) is 2.65. The lowest BCUT2D eigenvalue weighted by Crippen LogP contribution is -2.26. The first-order valence-electron chi connectivity index (χ1n) is 7.70. The number of aromatic nitrogens is 1. The summed E-state index contributed by atoms with van der Waals surface area (Å²) < 4.78 is 21.2. The molecule has 0 aliphatic rings. The zero-order chi connectivity index (χ0) is 17.5. The van der Waals surface area contributed by atoms with Gasteiger partial charge in [0.2, 0.25) is 11.7 Å². The number of rotatable bonds is 9. The number of carbonyl (C=O) groups excluding carboxylic acids is 1. The van der Waals surface area contributed by atoms with Crippen LogP contribution in [0.2, 0.25) is 0 Å². The third-order valence-electron chi connectivity index (χ3n) is 3.75. The predicted molar refractivity (Wildman–Crippen MR) is 91.2 cm³/mol. The largest absolute Gasteiger partial charge is 0.493 e. The molecule has 1 amide bonds. The van der Waals surface area contributed by atoms with Gasteiger partial charge >= 0.3 is 0 Å². The van der Waals surface area contributed by atoms with Gasteiger partial charge in [-0.1, -0.05) is 0 Å². The third-order valence-corrected chi connectivity index (χ3v) is 3.75. The maximum Gasteiger partial charge on any atom is 0.224 e. The smallest absolute Gasteiger partial charge is 0.224 e. The van der Waals surface area contributed by atoms with Crippen LogP contribution in [0.3, 0.4) is 0 Å². The van der Waals surface area contributed by atoms with Gasteiger partial charge in [-0.2, -0.15) is 0 Å². The van der Waals surface area contributed by atoms with Crippen molar-refractivity contribution in [2.45, 2.75) is 12.8 Å². The number of nitrogens with one attached hydrogen (secondary N) is 2. The zero-order valence-electron chi connectivity index (χ0n) is 14.5. The summed E-state index contributed by atoms with van der Waals surface area (Å²) in [5.41, 5.74) is 1.67. The number of aromatic amines is 1. The Labute approximate surface area is 141 Å². The van der Waals surface area contributed by atoms with Gasteiger partial charge in [-0.3, -0.25) is 4.79 Å². The molecule has 1 heterocycles. The van der Waals surface area contributed by atoms with Crippen molar-refractivity contribution in [1.29, 1.82) is 0 Å². The van der Waals surface area contributed by atoms with Crippen LogP contribution in [-0.2, 0) is 16.0 Å². The van der Waals surface area contributed by atoms with E-state index in [0.29, 0.717) is 30.4 Å². The van der Waals surface area contributed by atoms with E-state index in [2.05, 4.69) is 10.3 Å². The minimum atomic E-state index is -0.0520. The molecule has 0 atom stereocenters. The number of hydrogen-bond donors (Lipinski definition) is 2. The van der Waals surface area contributed by atoms with Crippen LogP contribution >= 0.6 is 0 Å². The van der Waals surface area contributed by atoms with Gasteiger partial charge in [-0.25, -0.2) is 0 Å². The van der Waals surface area contributed by atoms with Crippen LogP contribution in [0.15, 0.2) is 12.3 Å². The van der Waals surface area contributed by atoms with Crippen LogP contribution in [0.1, 0.15) is 12.0 Å². The van der Waals surface area contributed by atoms with E-state index < -0.39 is 0 Å². The quantitative estimate of drug-likeness (QED) is 0.684. The number of hydrogen-bond acceptors (Lipinski definition) is 5. The Morgan fingerprint density at radius 2 is 1.88 bits per heavy atom. The summed E-state index contributed by atoms with van der Waals surface area (Å²) in [4.78, 5) is 15.3. The maximum absolute atomic E-state index is 12.1. The second-order valence-corrected chi connectivity index (χ2v) is 5.25. The number of amides is 1. The summed E-state index contributed by atoms with van der Waals surface area (Å²) in [6.07, 6.45) is 2.84. The molecule has 24 heavy (non-hydrogen) atoms. The number of methoxy groups -OCH3 is 4. The van der Waals surface area contributed by atoms with Crippen molar-refractivity contribution in [2.75, 3.05) is 41.6 Å². The molecule has 0 unspecified atom stereocenters. The number of carbonyl (C=O) groups is 1. The van der Waals surface area contributed by atoms with Crippen molar-refractivity contribution in [2.24, 2.45) is 0 Å².